The summed E-state index contributed by atoms with van der Waals surface area (Å²) >= 11 is 0. The summed E-state index contributed by atoms with van der Waals surface area (Å²) in [5, 5.41) is 10.2. The van der Waals surface area contributed by atoms with Crippen LogP contribution in [0.5, 0.6) is 0 Å². The van der Waals surface area contributed by atoms with Gasteiger partial charge in [-0.3, -0.25) is 5.01 Å². The first-order chi connectivity index (χ1) is 4.38. The lowest BCUT2D eigenvalue weighted by Crippen LogP contribution is -2.26. The van der Waals surface area contributed by atoms with Gasteiger partial charge in [0.1, 0.15) is 0 Å². The van der Waals surface area contributed by atoms with E-state index in [0.717, 1.165) is 6.54 Å². The monoisotopic (exact) mass is 125 g/mol. The minimum absolute atomic E-state index is 0.451. The van der Waals surface area contributed by atoms with E-state index in [9.17, 15) is 0 Å². The Hall–Kier alpha value is -0.600. The van der Waals surface area contributed by atoms with Crippen LogP contribution in [0.4, 0.5) is 0 Å². The van der Waals surface area contributed by atoms with Gasteiger partial charge in [-0.1, -0.05) is 5.22 Å². The molecule has 2 aliphatic heterocycles. The zero-order chi connectivity index (χ0) is 6.27. The fourth-order valence-electron chi connectivity index (χ4n) is 1.60. The third-order valence-corrected chi connectivity index (χ3v) is 2.18. The summed E-state index contributed by atoms with van der Waals surface area (Å²) in [6.45, 7) is 3.26. The van der Waals surface area contributed by atoms with Crippen molar-refractivity contribution in [3.05, 3.63) is 0 Å². The topological polar surface area (TPSA) is 28.0 Å². The van der Waals surface area contributed by atoms with Crippen molar-refractivity contribution in [2.45, 2.75) is 31.8 Å². The Kier molecular flexibility index (Phi) is 0.976. The molecule has 2 aliphatic rings. The smallest absolute Gasteiger partial charge is 0.0921 e. The molecule has 0 saturated carbocycles. The van der Waals surface area contributed by atoms with Crippen molar-refractivity contribution in [3.8, 4) is 0 Å². The third-order valence-electron chi connectivity index (χ3n) is 2.18. The lowest BCUT2D eigenvalue weighted by atomic mass is 10.1. The molecule has 2 atom stereocenters. The molecule has 3 nitrogen and oxygen atoms in total. The highest BCUT2D eigenvalue weighted by atomic mass is 15.6. The van der Waals surface area contributed by atoms with Crippen LogP contribution in [0.1, 0.15) is 19.8 Å². The minimum atomic E-state index is 0.451. The second-order valence-corrected chi connectivity index (χ2v) is 2.82. The summed E-state index contributed by atoms with van der Waals surface area (Å²) in [6, 6.07) is 1.09. The fraction of sp³-hybridized carbons (Fsp3) is 1.00. The molecule has 0 amide bonds. The second kappa shape index (κ2) is 1.69. The summed E-state index contributed by atoms with van der Waals surface area (Å²) in [7, 11) is 0. The highest BCUT2D eigenvalue weighted by Gasteiger charge is 2.32. The van der Waals surface area contributed by atoms with Crippen molar-refractivity contribution in [1.82, 2.24) is 5.01 Å². The summed E-state index contributed by atoms with van der Waals surface area (Å²) in [4.78, 5) is 0. The van der Waals surface area contributed by atoms with E-state index in [0.29, 0.717) is 12.1 Å². The van der Waals surface area contributed by atoms with Crippen molar-refractivity contribution < 1.29 is 0 Å². The Morgan fingerprint density at radius 2 is 2.44 bits per heavy atom. The Bertz CT molecular complexity index is 143. The Morgan fingerprint density at radius 3 is 3.22 bits per heavy atom. The maximum Gasteiger partial charge on any atom is 0.0921 e. The lowest BCUT2D eigenvalue weighted by molar-refractivity contribution is 0.288. The first kappa shape index (κ1) is 5.21. The second-order valence-electron chi connectivity index (χ2n) is 2.82. The zero-order valence-electron chi connectivity index (χ0n) is 5.62. The van der Waals surface area contributed by atoms with Gasteiger partial charge in [0.15, 0.2) is 0 Å². The van der Waals surface area contributed by atoms with Crippen molar-refractivity contribution in [3.63, 3.8) is 0 Å². The molecule has 0 aromatic heterocycles. The summed E-state index contributed by atoms with van der Waals surface area (Å²) in [5.41, 5.74) is 0. The van der Waals surface area contributed by atoms with Crippen LogP contribution >= 0.6 is 0 Å². The summed E-state index contributed by atoms with van der Waals surface area (Å²) in [6.07, 6.45) is 2.59. The van der Waals surface area contributed by atoms with Crippen LogP contribution in [-0.4, -0.2) is 23.6 Å². The molecule has 0 aromatic rings. The molecule has 2 unspecified atom stereocenters. The molecule has 0 radical (unpaired) electrons. The SMILES string of the molecule is CC1N=NN2CCCC12. The number of fused-ring (bicyclic) bond motifs is 1. The van der Waals surface area contributed by atoms with Gasteiger partial charge in [0.05, 0.1) is 12.1 Å². The van der Waals surface area contributed by atoms with Gasteiger partial charge >= 0.3 is 0 Å². The van der Waals surface area contributed by atoms with Gasteiger partial charge in [-0.25, -0.2) is 0 Å². The van der Waals surface area contributed by atoms with E-state index in [2.05, 4.69) is 22.3 Å². The maximum atomic E-state index is 4.07. The molecular weight excluding hydrogens is 114 g/mol. The van der Waals surface area contributed by atoms with E-state index in [-0.39, 0.29) is 0 Å². The molecular formula is C6H11N3. The maximum absolute atomic E-state index is 4.07. The average Bonchev–Trinajstić information content (AvgIpc) is 2.35. The molecule has 0 N–H and O–H groups in total. The summed E-state index contributed by atoms with van der Waals surface area (Å²) in [5.74, 6) is 0. The van der Waals surface area contributed by atoms with Gasteiger partial charge in [-0.15, -0.1) is 0 Å². The van der Waals surface area contributed by atoms with Crippen molar-refractivity contribution >= 4 is 0 Å². The predicted molar refractivity (Wildman–Crippen MR) is 34.0 cm³/mol. The first-order valence-electron chi connectivity index (χ1n) is 3.55. The van der Waals surface area contributed by atoms with Crippen molar-refractivity contribution in [1.29, 1.82) is 0 Å². The number of hydrogen-bond acceptors (Lipinski definition) is 3. The largest absolute Gasteiger partial charge is 0.274 e. The van der Waals surface area contributed by atoms with E-state index in [1.54, 1.807) is 0 Å². The average molecular weight is 125 g/mol. The van der Waals surface area contributed by atoms with Gasteiger partial charge in [-0.2, -0.15) is 5.11 Å². The zero-order valence-corrected chi connectivity index (χ0v) is 5.62. The predicted octanol–water partition coefficient (Wildman–Crippen LogP) is 1.22. The molecule has 0 aromatic carbocycles. The van der Waals surface area contributed by atoms with E-state index in [1.165, 1.54) is 12.8 Å². The van der Waals surface area contributed by atoms with E-state index < -0.39 is 0 Å². The van der Waals surface area contributed by atoms with E-state index in [1.807, 2.05) is 0 Å². The van der Waals surface area contributed by atoms with Crippen LogP contribution < -0.4 is 0 Å². The molecule has 0 spiro atoms. The fourth-order valence-corrected chi connectivity index (χ4v) is 1.60. The molecule has 50 valence electrons. The van der Waals surface area contributed by atoms with Gasteiger partial charge < -0.3 is 0 Å². The highest BCUT2D eigenvalue weighted by Crippen LogP contribution is 2.26. The van der Waals surface area contributed by atoms with Crippen LogP contribution in [0.25, 0.3) is 0 Å². The minimum Gasteiger partial charge on any atom is -0.274 e. The molecule has 1 saturated heterocycles. The Labute approximate surface area is 54.7 Å². The van der Waals surface area contributed by atoms with Gasteiger partial charge in [0.2, 0.25) is 0 Å². The van der Waals surface area contributed by atoms with E-state index >= 15 is 0 Å². The Balaban J connectivity index is 2.15. The Morgan fingerprint density at radius 1 is 1.56 bits per heavy atom. The number of nitrogens with zero attached hydrogens (tertiary/aromatic N) is 3. The normalized spacial score (nSPS) is 39.9. The van der Waals surface area contributed by atoms with Gasteiger partial charge in [0.25, 0.3) is 0 Å². The van der Waals surface area contributed by atoms with Crippen LogP contribution in [0.3, 0.4) is 0 Å². The van der Waals surface area contributed by atoms with Crippen LogP contribution in [0.15, 0.2) is 10.3 Å². The lowest BCUT2D eigenvalue weighted by Gasteiger charge is -2.12. The van der Waals surface area contributed by atoms with Crippen LogP contribution in [0, 0.1) is 0 Å². The molecule has 2 rings (SSSR count). The van der Waals surface area contributed by atoms with Crippen molar-refractivity contribution in [2.24, 2.45) is 10.3 Å². The molecule has 0 bridgehead atoms. The quantitative estimate of drug-likeness (QED) is 0.478. The first-order valence-corrected chi connectivity index (χ1v) is 3.55. The van der Waals surface area contributed by atoms with Gasteiger partial charge in [-0.05, 0) is 19.8 Å². The third kappa shape index (κ3) is 0.637. The standard InChI is InChI=1S/C6H11N3/c1-5-6-3-2-4-9(6)8-7-5/h5-6H,2-4H2,1H3. The highest BCUT2D eigenvalue weighted by molar-refractivity contribution is 4.87. The number of hydrogen-bond donors (Lipinski definition) is 0. The number of rotatable bonds is 0. The van der Waals surface area contributed by atoms with Crippen LogP contribution in [0.2, 0.25) is 0 Å². The molecule has 2 heterocycles. The van der Waals surface area contributed by atoms with Crippen LogP contribution in [-0.2, 0) is 0 Å². The van der Waals surface area contributed by atoms with E-state index in [4.69, 9.17) is 0 Å². The summed E-state index contributed by atoms with van der Waals surface area (Å²) < 4.78 is 0. The van der Waals surface area contributed by atoms with Gasteiger partial charge in [0, 0.05) is 6.54 Å². The van der Waals surface area contributed by atoms with Crippen molar-refractivity contribution in [2.75, 3.05) is 6.54 Å². The molecule has 3 heteroatoms. The molecule has 0 aliphatic carbocycles. The molecule has 1 fully saturated rings. The molecule has 9 heavy (non-hydrogen) atoms.